The van der Waals surface area contributed by atoms with E-state index >= 15 is 0 Å². The summed E-state index contributed by atoms with van der Waals surface area (Å²) in [5.41, 5.74) is 1.16. The number of carbonyl (C=O) groups excluding carboxylic acids is 1. The van der Waals surface area contributed by atoms with Crippen molar-refractivity contribution in [1.29, 1.82) is 0 Å². The number of rotatable bonds is 7. The molecule has 0 bridgehead atoms. The van der Waals surface area contributed by atoms with Gasteiger partial charge in [-0.25, -0.2) is 0 Å². The summed E-state index contributed by atoms with van der Waals surface area (Å²) in [4.78, 5) is 16.8. The first-order valence-corrected chi connectivity index (χ1v) is 7.23. The third kappa shape index (κ3) is 4.90. The normalized spacial score (nSPS) is 11.4. The van der Waals surface area contributed by atoms with Crippen LogP contribution in [-0.2, 0) is 22.3 Å². The molecule has 1 aromatic carbocycles. The fourth-order valence-electron chi connectivity index (χ4n) is 2.06. The molecule has 25 heavy (non-hydrogen) atoms. The zero-order chi connectivity index (χ0) is 18.4. The van der Waals surface area contributed by atoms with E-state index in [1.54, 1.807) is 35.2 Å². The van der Waals surface area contributed by atoms with Gasteiger partial charge in [0.15, 0.2) is 0 Å². The Morgan fingerprint density at radius 3 is 2.56 bits per heavy atom. The van der Waals surface area contributed by atoms with E-state index in [9.17, 15) is 18.0 Å². The molecule has 1 aromatic heterocycles. The van der Waals surface area contributed by atoms with E-state index < -0.39 is 12.1 Å². The molecule has 134 valence electrons. The summed E-state index contributed by atoms with van der Waals surface area (Å²) < 4.78 is 46.5. The number of benzene rings is 1. The minimum absolute atomic E-state index is 0.0466. The van der Waals surface area contributed by atoms with Crippen molar-refractivity contribution in [3.63, 3.8) is 0 Å². The van der Waals surface area contributed by atoms with E-state index in [0.717, 1.165) is 5.56 Å². The smallest absolute Gasteiger partial charge is 0.375 e. The number of hydrogen-bond donors (Lipinski definition) is 0. The first kappa shape index (κ1) is 18.7. The third-order valence-electron chi connectivity index (χ3n) is 3.22. The summed E-state index contributed by atoms with van der Waals surface area (Å²) >= 11 is 0. The van der Waals surface area contributed by atoms with Crippen LogP contribution in [0.4, 0.5) is 13.2 Å². The average Bonchev–Trinajstić information content (AvgIpc) is 3.05. The number of amides is 1. The van der Waals surface area contributed by atoms with Gasteiger partial charge in [-0.3, -0.25) is 4.79 Å². The maximum absolute atomic E-state index is 12.5. The van der Waals surface area contributed by atoms with Crippen molar-refractivity contribution < 1.29 is 27.2 Å². The van der Waals surface area contributed by atoms with Crippen LogP contribution in [0.3, 0.4) is 0 Å². The molecule has 1 heterocycles. The lowest BCUT2D eigenvalue weighted by atomic mass is 10.1. The van der Waals surface area contributed by atoms with Gasteiger partial charge in [-0.05, 0) is 5.56 Å². The highest BCUT2D eigenvalue weighted by molar-refractivity contribution is 5.77. The Bertz CT molecular complexity index is 726. The number of aromatic nitrogens is 2. The Morgan fingerprint density at radius 1 is 1.36 bits per heavy atom. The molecule has 0 radical (unpaired) electrons. The monoisotopic (exact) mass is 355 g/mol. The minimum Gasteiger partial charge on any atom is -0.375 e. The number of hydrogen-bond acceptors (Lipinski definition) is 5. The van der Waals surface area contributed by atoms with Crippen molar-refractivity contribution in [2.45, 2.75) is 12.7 Å². The van der Waals surface area contributed by atoms with Crippen LogP contribution in [0.1, 0.15) is 11.5 Å². The van der Waals surface area contributed by atoms with E-state index in [0.29, 0.717) is 18.7 Å². The predicted octanol–water partition coefficient (Wildman–Crippen LogP) is 2.92. The van der Waals surface area contributed by atoms with E-state index in [1.807, 2.05) is 0 Å². The van der Waals surface area contributed by atoms with Crippen molar-refractivity contribution in [3.05, 3.63) is 48.4 Å². The Balaban J connectivity index is 2.12. The Morgan fingerprint density at radius 2 is 2.04 bits per heavy atom. The van der Waals surface area contributed by atoms with Crippen molar-refractivity contribution in [1.82, 2.24) is 15.0 Å². The number of alkyl halides is 3. The molecule has 0 saturated carbocycles. The second kappa shape index (κ2) is 7.93. The predicted molar refractivity (Wildman–Crippen MR) is 82.2 cm³/mol. The van der Waals surface area contributed by atoms with Crippen molar-refractivity contribution in [3.8, 4) is 11.4 Å². The van der Waals surface area contributed by atoms with Gasteiger partial charge in [-0.2, -0.15) is 18.2 Å². The molecule has 0 saturated heterocycles. The first-order chi connectivity index (χ1) is 11.8. The quantitative estimate of drug-likeness (QED) is 0.715. The van der Waals surface area contributed by atoms with Crippen LogP contribution in [0.15, 0.2) is 41.4 Å². The van der Waals surface area contributed by atoms with Gasteiger partial charge in [0.2, 0.25) is 11.7 Å². The lowest BCUT2D eigenvalue weighted by molar-refractivity contribution is -0.159. The van der Waals surface area contributed by atoms with Gasteiger partial charge in [0.25, 0.3) is 0 Å². The van der Waals surface area contributed by atoms with Gasteiger partial charge in [0, 0.05) is 25.8 Å². The summed E-state index contributed by atoms with van der Waals surface area (Å²) in [6, 6.07) is 6.48. The molecule has 0 N–H and O–H groups in total. The molecular formula is C16H16F3N3O3. The zero-order valence-corrected chi connectivity index (χ0v) is 13.4. The van der Waals surface area contributed by atoms with Crippen LogP contribution in [-0.4, -0.2) is 41.2 Å². The Labute approximate surface area is 141 Å². The fraction of sp³-hybridized carbons (Fsp3) is 0.312. The average molecular weight is 355 g/mol. The molecule has 0 atom stereocenters. The minimum atomic E-state index is -4.68. The summed E-state index contributed by atoms with van der Waals surface area (Å²) in [5, 5.41) is 3.33. The second-order valence-corrected chi connectivity index (χ2v) is 5.11. The lowest BCUT2D eigenvalue weighted by Gasteiger charge is -2.21. The number of carbonyl (C=O) groups is 1. The number of halogens is 3. The third-order valence-corrected chi connectivity index (χ3v) is 3.22. The Hall–Kier alpha value is -2.68. The summed E-state index contributed by atoms with van der Waals surface area (Å²) in [6.07, 6.45) is -3.09. The van der Waals surface area contributed by atoms with Crippen molar-refractivity contribution >= 4 is 5.91 Å². The van der Waals surface area contributed by atoms with Gasteiger partial charge in [-0.1, -0.05) is 35.5 Å². The van der Waals surface area contributed by atoms with E-state index in [-0.39, 0.29) is 18.3 Å². The van der Waals surface area contributed by atoms with Crippen LogP contribution < -0.4 is 0 Å². The van der Waals surface area contributed by atoms with Gasteiger partial charge in [-0.15, -0.1) is 6.58 Å². The van der Waals surface area contributed by atoms with Crippen LogP contribution in [0, 0.1) is 0 Å². The largest absolute Gasteiger partial charge is 0.471 e. The van der Waals surface area contributed by atoms with E-state index in [1.165, 1.54) is 7.11 Å². The molecule has 0 aliphatic rings. The maximum Gasteiger partial charge on any atom is 0.471 e. The molecule has 1 amide bonds. The molecule has 2 rings (SSSR count). The van der Waals surface area contributed by atoms with Crippen LogP contribution in [0.2, 0.25) is 0 Å². The van der Waals surface area contributed by atoms with Gasteiger partial charge < -0.3 is 14.2 Å². The van der Waals surface area contributed by atoms with Crippen molar-refractivity contribution in [2.24, 2.45) is 0 Å². The first-order valence-electron chi connectivity index (χ1n) is 7.23. The highest BCUT2D eigenvalue weighted by atomic mass is 19.4. The van der Waals surface area contributed by atoms with Crippen LogP contribution in [0.5, 0.6) is 0 Å². The topological polar surface area (TPSA) is 68.5 Å². The Kier molecular flexibility index (Phi) is 5.92. The molecule has 0 spiro atoms. The molecule has 2 aromatic rings. The van der Waals surface area contributed by atoms with Gasteiger partial charge in [0.05, 0.1) is 0 Å². The van der Waals surface area contributed by atoms with Gasteiger partial charge >= 0.3 is 12.1 Å². The maximum atomic E-state index is 12.5. The molecule has 0 fully saturated rings. The fourth-order valence-corrected chi connectivity index (χ4v) is 2.06. The number of ether oxygens (including phenoxy) is 1. The van der Waals surface area contributed by atoms with Gasteiger partial charge in [0.1, 0.15) is 6.61 Å². The van der Waals surface area contributed by atoms with E-state index in [4.69, 9.17) is 4.74 Å². The van der Waals surface area contributed by atoms with Crippen LogP contribution in [0.25, 0.3) is 11.4 Å². The number of methoxy groups -OCH3 is 1. The highest BCUT2D eigenvalue weighted by Crippen LogP contribution is 2.29. The zero-order valence-electron chi connectivity index (χ0n) is 13.4. The second-order valence-electron chi connectivity index (χ2n) is 5.11. The molecule has 6 nitrogen and oxygen atoms in total. The van der Waals surface area contributed by atoms with Crippen molar-refractivity contribution in [2.75, 3.05) is 20.3 Å². The highest BCUT2D eigenvalue weighted by Gasteiger charge is 2.38. The van der Waals surface area contributed by atoms with E-state index in [2.05, 4.69) is 21.2 Å². The standard InChI is InChI=1S/C16H16F3N3O3/c1-3-8-22(13(23)10-24-2)9-11-4-6-12(7-5-11)14-20-15(25-21-14)16(17,18)19/h3-7H,1,8-10H2,2H3. The summed E-state index contributed by atoms with van der Waals surface area (Å²) in [5.74, 6) is -1.74. The molecule has 0 aliphatic carbocycles. The lowest BCUT2D eigenvalue weighted by Crippen LogP contribution is -2.33. The summed E-state index contributed by atoms with van der Waals surface area (Å²) in [7, 11) is 1.43. The van der Waals surface area contributed by atoms with Crippen LogP contribution >= 0.6 is 0 Å². The molecule has 9 heteroatoms. The molecular weight excluding hydrogens is 339 g/mol. The SMILES string of the molecule is C=CCN(Cc1ccc(-c2noc(C(F)(F)F)n2)cc1)C(=O)COC. The summed E-state index contributed by atoms with van der Waals surface area (Å²) in [6.45, 7) is 4.23. The molecule has 0 unspecified atom stereocenters. The number of nitrogens with zero attached hydrogens (tertiary/aromatic N) is 3. The molecule has 0 aliphatic heterocycles.